The number of rotatable bonds is 5. The molecule has 3 aliphatic heterocycles. The normalized spacial score (nSPS) is 13.8. The molecule has 0 saturated heterocycles. The lowest BCUT2D eigenvalue weighted by molar-refractivity contribution is 0.102. The molecule has 0 saturated carbocycles. The Labute approximate surface area is 196 Å². The molecule has 0 radical (unpaired) electrons. The third kappa shape index (κ3) is 3.82. The first kappa shape index (κ1) is 21.7. The van der Waals surface area contributed by atoms with Crippen molar-refractivity contribution >= 4 is 17.5 Å². The van der Waals surface area contributed by atoms with E-state index in [2.05, 4.69) is 9.67 Å². The number of aromatic nitrogens is 5. The van der Waals surface area contributed by atoms with E-state index >= 15 is 0 Å². The van der Waals surface area contributed by atoms with Crippen molar-refractivity contribution in [1.29, 1.82) is 0 Å². The van der Waals surface area contributed by atoms with Gasteiger partial charge in [-0.3, -0.25) is 9.59 Å². The van der Waals surface area contributed by atoms with Crippen molar-refractivity contribution in [1.82, 2.24) is 23.9 Å². The summed E-state index contributed by atoms with van der Waals surface area (Å²) in [4.78, 5) is 31.1. The molecule has 0 spiro atoms. The second-order valence-corrected chi connectivity index (χ2v) is 9.55. The number of hydrogen-bond donors (Lipinski definition) is 0. The van der Waals surface area contributed by atoms with Crippen molar-refractivity contribution in [2.24, 2.45) is 7.05 Å². The van der Waals surface area contributed by atoms with Gasteiger partial charge in [0, 0.05) is 36.2 Å². The molecule has 0 unspecified atom stereocenters. The SMILES string of the molecule is Cc1cc(C(=O)CSc2nc3nn(-c4ccccc4)c(=O)c-3c3n2CCCCC3)c(C)n1C. The summed E-state index contributed by atoms with van der Waals surface area (Å²) in [6, 6.07) is 11.4. The van der Waals surface area contributed by atoms with Gasteiger partial charge in [0.1, 0.15) is 5.56 Å². The fraction of sp³-hybridized carbons (Fsp3) is 0.360. The number of fused-ring (bicyclic) bond motifs is 3. The molecule has 0 atom stereocenters. The lowest BCUT2D eigenvalue weighted by atomic mass is 10.1. The van der Waals surface area contributed by atoms with E-state index in [0.717, 1.165) is 65.7 Å². The first-order valence-electron chi connectivity index (χ1n) is 11.3. The Morgan fingerprint density at radius 1 is 1.12 bits per heavy atom. The van der Waals surface area contributed by atoms with Crippen molar-refractivity contribution in [2.75, 3.05) is 5.75 Å². The highest BCUT2D eigenvalue weighted by Gasteiger charge is 2.27. The highest BCUT2D eigenvalue weighted by molar-refractivity contribution is 7.99. The molecule has 2 aromatic rings. The maximum absolute atomic E-state index is 13.3. The minimum atomic E-state index is -0.127. The van der Waals surface area contributed by atoms with Crippen LogP contribution in [0.25, 0.3) is 17.1 Å². The first-order chi connectivity index (χ1) is 16.0. The Kier molecular flexibility index (Phi) is 5.70. The van der Waals surface area contributed by atoms with Gasteiger partial charge in [-0.2, -0.15) is 4.68 Å². The van der Waals surface area contributed by atoms with E-state index in [4.69, 9.17) is 4.98 Å². The van der Waals surface area contributed by atoms with Gasteiger partial charge in [-0.25, -0.2) is 4.98 Å². The van der Waals surface area contributed by atoms with Gasteiger partial charge in [0.2, 0.25) is 0 Å². The molecule has 170 valence electrons. The van der Waals surface area contributed by atoms with Crippen molar-refractivity contribution in [3.05, 3.63) is 69.4 Å². The molecule has 7 nitrogen and oxygen atoms in total. The predicted molar refractivity (Wildman–Crippen MR) is 130 cm³/mol. The van der Waals surface area contributed by atoms with Crippen molar-refractivity contribution < 1.29 is 4.79 Å². The second-order valence-electron chi connectivity index (χ2n) is 8.61. The van der Waals surface area contributed by atoms with Gasteiger partial charge in [-0.1, -0.05) is 36.4 Å². The zero-order chi connectivity index (χ0) is 23.1. The minimum absolute atomic E-state index is 0.0883. The molecule has 0 bridgehead atoms. The summed E-state index contributed by atoms with van der Waals surface area (Å²) in [5.74, 6) is 0.843. The average molecular weight is 462 g/mol. The fourth-order valence-electron chi connectivity index (χ4n) is 4.55. The number of benzene rings is 1. The van der Waals surface area contributed by atoms with Crippen LogP contribution in [0.15, 0.2) is 46.3 Å². The molecule has 0 aliphatic carbocycles. The third-order valence-corrected chi connectivity index (χ3v) is 7.55. The van der Waals surface area contributed by atoms with Crippen LogP contribution in [-0.4, -0.2) is 35.4 Å². The first-order valence-corrected chi connectivity index (χ1v) is 12.3. The van der Waals surface area contributed by atoms with E-state index in [1.807, 2.05) is 61.9 Å². The molecule has 4 heterocycles. The summed E-state index contributed by atoms with van der Waals surface area (Å²) < 4.78 is 5.63. The van der Waals surface area contributed by atoms with Gasteiger partial charge >= 0.3 is 0 Å². The lowest BCUT2D eigenvalue weighted by Gasteiger charge is -2.17. The number of ketones is 1. The lowest BCUT2D eigenvalue weighted by Crippen LogP contribution is -2.19. The maximum Gasteiger partial charge on any atom is 0.284 e. The highest BCUT2D eigenvalue weighted by atomic mass is 32.2. The second kappa shape index (κ2) is 8.67. The highest BCUT2D eigenvalue weighted by Crippen LogP contribution is 2.31. The monoisotopic (exact) mass is 461 g/mol. The number of hydrogen-bond acceptors (Lipinski definition) is 5. The Hall–Kier alpha value is -3.13. The van der Waals surface area contributed by atoms with Crippen LogP contribution in [0.3, 0.4) is 0 Å². The van der Waals surface area contributed by atoms with Crippen LogP contribution >= 0.6 is 11.8 Å². The summed E-state index contributed by atoms with van der Waals surface area (Å²) >= 11 is 1.44. The van der Waals surface area contributed by atoms with Crippen molar-refractivity contribution in [3.8, 4) is 17.1 Å². The van der Waals surface area contributed by atoms with E-state index in [0.29, 0.717) is 17.1 Å². The zero-order valence-corrected chi connectivity index (χ0v) is 20.0. The molecular weight excluding hydrogens is 434 g/mol. The molecule has 1 aromatic heterocycles. The van der Waals surface area contributed by atoms with Crippen molar-refractivity contribution in [3.63, 3.8) is 0 Å². The Morgan fingerprint density at radius 3 is 2.64 bits per heavy atom. The molecule has 0 N–H and O–H groups in total. The van der Waals surface area contributed by atoms with E-state index in [9.17, 15) is 9.59 Å². The quantitative estimate of drug-likeness (QED) is 0.253. The smallest absolute Gasteiger partial charge is 0.284 e. The summed E-state index contributed by atoms with van der Waals surface area (Å²) in [5, 5.41) is 5.33. The maximum atomic E-state index is 13.3. The van der Waals surface area contributed by atoms with E-state index in [-0.39, 0.29) is 11.3 Å². The fourth-order valence-corrected chi connectivity index (χ4v) is 5.48. The Morgan fingerprint density at radius 2 is 1.91 bits per heavy atom. The topological polar surface area (TPSA) is 74.7 Å². The number of thioether (sulfide) groups is 1. The number of carbonyl (C=O) groups excluding carboxylic acids is 1. The van der Waals surface area contributed by atoms with Gasteiger partial charge in [-0.05, 0) is 51.3 Å². The third-order valence-electron chi connectivity index (χ3n) is 6.58. The number of aryl methyl sites for hydroxylation is 1. The molecule has 33 heavy (non-hydrogen) atoms. The van der Waals surface area contributed by atoms with E-state index in [1.165, 1.54) is 16.4 Å². The molecule has 3 aliphatic rings. The van der Waals surface area contributed by atoms with E-state index in [1.54, 1.807) is 0 Å². The van der Waals surface area contributed by atoms with Crippen LogP contribution < -0.4 is 5.56 Å². The summed E-state index contributed by atoms with van der Waals surface area (Å²) in [6.45, 7) is 4.78. The molecule has 0 fully saturated rings. The number of Topliss-reactive ketones (excluding diaryl/α,β-unsaturated/α-hetero) is 1. The van der Waals surface area contributed by atoms with Crippen LogP contribution in [0.1, 0.15) is 46.7 Å². The van der Waals surface area contributed by atoms with Crippen LogP contribution in [0.2, 0.25) is 0 Å². The van der Waals surface area contributed by atoms with Crippen molar-refractivity contribution in [2.45, 2.75) is 51.2 Å². The number of nitrogens with zero attached hydrogens (tertiary/aromatic N) is 5. The molecule has 0 amide bonds. The summed E-state index contributed by atoms with van der Waals surface area (Å²) in [7, 11) is 1.98. The van der Waals surface area contributed by atoms with E-state index < -0.39 is 0 Å². The summed E-state index contributed by atoms with van der Waals surface area (Å²) in [5.41, 5.74) is 5.00. The van der Waals surface area contributed by atoms with Gasteiger partial charge in [0.15, 0.2) is 16.8 Å². The Bertz CT molecular complexity index is 1370. The van der Waals surface area contributed by atoms with Gasteiger partial charge in [-0.15, -0.1) is 5.10 Å². The number of carbonyl (C=O) groups is 1. The van der Waals surface area contributed by atoms with Gasteiger partial charge in [0.25, 0.3) is 5.56 Å². The zero-order valence-electron chi connectivity index (χ0n) is 19.2. The molecule has 5 rings (SSSR count). The molecule has 1 aromatic carbocycles. The largest absolute Gasteiger partial charge is 0.351 e. The molecule has 8 heteroatoms. The van der Waals surface area contributed by atoms with Crippen LogP contribution in [-0.2, 0) is 20.0 Å². The van der Waals surface area contributed by atoms with Crippen LogP contribution in [0.5, 0.6) is 0 Å². The predicted octanol–water partition coefficient (Wildman–Crippen LogP) is 4.19. The summed E-state index contributed by atoms with van der Waals surface area (Å²) in [6.07, 6.45) is 3.98. The molecular formula is C25H27N5O2S. The van der Waals surface area contributed by atoms with Crippen LogP contribution in [0, 0.1) is 13.8 Å². The average Bonchev–Trinajstić information content (AvgIpc) is 3.15. The van der Waals surface area contributed by atoms with Gasteiger partial charge < -0.3 is 9.13 Å². The van der Waals surface area contributed by atoms with Crippen LogP contribution in [0.4, 0.5) is 0 Å². The van der Waals surface area contributed by atoms with Gasteiger partial charge in [0.05, 0.1) is 11.4 Å². The standard InChI is InChI=1S/C25H27N5O2S/c1-16-14-19(17(2)28(16)3)21(31)15-33-25-26-23-22(20-12-8-5-9-13-29(20)25)24(32)30(27-23)18-10-6-4-7-11-18/h4,6-7,10-11,14H,5,8-9,12-13,15H2,1-3H3. The minimum Gasteiger partial charge on any atom is -0.351 e. The number of para-hydroxylation sites is 1. The Balaban J connectivity index is 1.55.